The molecular formula is C28H34IN3O3. The van der Waals surface area contributed by atoms with Crippen LogP contribution < -0.4 is 15.0 Å². The lowest BCUT2D eigenvalue weighted by Crippen LogP contribution is -2.25. The molecule has 1 fully saturated rings. The summed E-state index contributed by atoms with van der Waals surface area (Å²) in [7, 11) is 0. The zero-order valence-corrected chi connectivity index (χ0v) is 23.2. The quantitative estimate of drug-likeness (QED) is 0.227. The van der Waals surface area contributed by atoms with Crippen molar-refractivity contribution in [1.29, 1.82) is 0 Å². The number of hydrogen-bond donors (Lipinski definition) is 0. The van der Waals surface area contributed by atoms with Crippen LogP contribution in [0.1, 0.15) is 77.1 Å². The van der Waals surface area contributed by atoms with Gasteiger partial charge < -0.3 is 9.47 Å². The van der Waals surface area contributed by atoms with Gasteiger partial charge in [-0.2, -0.15) is 9.78 Å². The molecule has 0 amide bonds. The number of halogens is 1. The summed E-state index contributed by atoms with van der Waals surface area (Å²) in [5.74, 6) is 2.42. The molecule has 0 radical (unpaired) electrons. The Morgan fingerprint density at radius 2 is 1.89 bits per heavy atom. The van der Waals surface area contributed by atoms with E-state index in [4.69, 9.17) is 14.5 Å². The Balaban J connectivity index is 1.74. The van der Waals surface area contributed by atoms with Gasteiger partial charge in [-0.05, 0) is 77.6 Å². The molecule has 0 saturated heterocycles. The van der Waals surface area contributed by atoms with Gasteiger partial charge in [-0.1, -0.05) is 52.2 Å². The molecule has 35 heavy (non-hydrogen) atoms. The van der Waals surface area contributed by atoms with Crippen molar-refractivity contribution < 1.29 is 9.47 Å². The lowest BCUT2D eigenvalue weighted by Gasteiger charge is -2.23. The van der Waals surface area contributed by atoms with Gasteiger partial charge in [-0.25, -0.2) is 4.98 Å². The van der Waals surface area contributed by atoms with Crippen LogP contribution in [0, 0.1) is 8.99 Å². The summed E-state index contributed by atoms with van der Waals surface area (Å²) in [6.07, 6.45) is 7.34. The molecule has 0 N–H and O–H groups in total. The van der Waals surface area contributed by atoms with Crippen molar-refractivity contribution >= 4 is 39.7 Å². The maximum atomic E-state index is 13.4. The first-order valence-electron chi connectivity index (χ1n) is 12.4. The second-order valence-corrected chi connectivity index (χ2v) is 11.5. The lowest BCUT2D eigenvalue weighted by atomic mass is 9.88. The lowest BCUT2D eigenvalue weighted by molar-refractivity contribution is 0.187. The van der Waals surface area contributed by atoms with Crippen LogP contribution in [0.15, 0.2) is 46.3 Å². The Hall–Kier alpha value is -2.42. The first-order valence-corrected chi connectivity index (χ1v) is 13.5. The SMILES string of the molecule is CCOc1cc(C=Nn2c(C3CCCCC3)nc3ccccc3c2=O)cc(I)c1OCC(C)(C)C. The normalized spacial score (nSPS) is 15.1. The number of fused-ring (bicyclic) bond motifs is 1. The second kappa shape index (κ2) is 11.1. The van der Waals surface area contributed by atoms with Crippen molar-refractivity contribution in [1.82, 2.24) is 9.66 Å². The number of nitrogens with zero attached hydrogens (tertiary/aromatic N) is 3. The molecule has 1 aliphatic rings. The number of aromatic nitrogens is 2. The van der Waals surface area contributed by atoms with E-state index in [0.717, 1.165) is 51.9 Å². The van der Waals surface area contributed by atoms with E-state index in [0.29, 0.717) is 24.3 Å². The number of para-hydroxylation sites is 1. The average molecular weight is 588 g/mol. The molecule has 0 atom stereocenters. The van der Waals surface area contributed by atoms with Gasteiger partial charge in [0.1, 0.15) is 5.82 Å². The van der Waals surface area contributed by atoms with E-state index in [1.807, 2.05) is 43.3 Å². The van der Waals surface area contributed by atoms with Gasteiger partial charge in [0.05, 0.1) is 33.9 Å². The molecule has 186 valence electrons. The molecule has 0 spiro atoms. The highest BCUT2D eigenvalue weighted by molar-refractivity contribution is 14.1. The summed E-state index contributed by atoms with van der Waals surface area (Å²) in [6.45, 7) is 9.49. The number of ether oxygens (including phenoxy) is 2. The molecule has 0 bridgehead atoms. The summed E-state index contributed by atoms with van der Waals surface area (Å²) in [4.78, 5) is 18.3. The third-order valence-corrected chi connectivity index (χ3v) is 6.85. The highest BCUT2D eigenvalue weighted by Crippen LogP contribution is 2.35. The van der Waals surface area contributed by atoms with Gasteiger partial charge in [-0.15, -0.1) is 0 Å². The van der Waals surface area contributed by atoms with Gasteiger partial charge in [0.25, 0.3) is 5.56 Å². The summed E-state index contributed by atoms with van der Waals surface area (Å²) in [5, 5.41) is 5.26. The van der Waals surface area contributed by atoms with E-state index in [-0.39, 0.29) is 16.9 Å². The summed E-state index contributed by atoms with van der Waals surface area (Å²) < 4.78 is 14.5. The predicted molar refractivity (Wildman–Crippen MR) is 150 cm³/mol. The van der Waals surface area contributed by atoms with Crippen LogP contribution in [0.25, 0.3) is 10.9 Å². The van der Waals surface area contributed by atoms with Crippen LogP contribution in [0.5, 0.6) is 11.5 Å². The molecule has 3 aromatic rings. The topological polar surface area (TPSA) is 65.7 Å². The zero-order chi connectivity index (χ0) is 25.0. The van der Waals surface area contributed by atoms with Crippen molar-refractivity contribution in [2.75, 3.05) is 13.2 Å². The largest absolute Gasteiger partial charge is 0.490 e. The highest BCUT2D eigenvalue weighted by Gasteiger charge is 2.22. The minimum Gasteiger partial charge on any atom is -0.490 e. The minimum atomic E-state index is -0.128. The number of hydrogen-bond acceptors (Lipinski definition) is 5. The fourth-order valence-electron chi connectivity index (χ4n) is 4.36. The molecule has 0 unspecified atom stereocenters. The molecule has 6 nitrogen and oxygen atoms in total. The van der Waals surface area contributed by atoms with Gasteiger partial charge in [0.2, 0.25) is 0 Å². The van der Waals surface area contributed by atoms with Crippen LogP contribution in [0.4, 0.5) is 0 Å². The van der Waals surface area contributed by atoms with E-state index in [2.05, 4.69) is 48.5 Å². The van der Waals surface area contributed by atoms with Crippen LogP contribution in [0.2, 0.25) is 0 Å². The van der Waals surface area contributed by atoms with Crippen LogP contribution in [0.3, 0.4) is 0 Å². The molecule has 0 aliphatic heterocycles. The molecule has 1 heterocycles. The maximum absolute atomic E-state index is 13.4. The number of rotatable bonds is 7. The summed E-state index contributed by atoms with van der Waals surface area (Å²) in [6, 6.07) is 11.4. The molecule has 1 aliphatic carbocycles. The Labute approximate surface area is 220 Å². The van der Waals surface area contributed by atoms with E-state index >= 15 is 0 Å². The zero-order valence-electron chi connectivity index (χ0n) is 21.0. The summed E-state index contributed by atoms with van der Waals surface area (Å²) >= 11 is 2.27. The Bertz CT molecular complexity index is 1270. The Morgan fingerprint density at radius 3 is 2.60 bits per heavy atom. The standard InChI is InChI=1S/C28H34IN3O3/c1-5-34-24-16-19(15-22(29)25(24)35-18-28(2,3)4)17-30-32-26(20-11-7-6-8-12-20)31-23-14-10-9-13-21(23)27(32)33/h9-10,13-17,20H,5-8,11-12,18H2,1-4H3. The second-order valence-electron chi connectivity index (χ2n) is 10.3. The molecule has 4 rings (SSSR count). The molecule has 7 heteroatoms. The van der Waals surface area contributed by atoms with Crippen molar-refractivity contribution in [2.24, 2.45) is 10.5 Å². The van der Waals surface area contributed by atoms with Gasteiger partial charge in [0, 0.05) is 5.92 Å². The molecule has 2 aromatic carbocycles. The first kappa shape index (κ1) is 25.7. The van der Waals surface area contributed by atoms with Crippen LogP contribution in [-0.4, -0.2) is 29.1 Å². The number of benzene rings is 2. The third kappa shape index (κ3) is 6.23. The predicted octanol–water partition coefficient (Wildman–Crippen LogP) is 6.75. The molecule has 1 saturated carbocycles. The fourth-order valence-corrected chi connectivity index (χ4v) is 5.14. The summed E-state index contributed by atoms with van der Waals surface area (Å²) in [5.41, 5.74) is 1.48. The van der Waals surface area contributed by atoms with Gasteiger partial charge >= 0.3 is 0 Å². The van der Waals surface area contributed by atoms with Crippen molar-refractivity contribution in [3.8, 4) is 11.5 Å². The van der Waals surface area contributed by atoms with Crippen molar-refractivity contribution in [3.63, 3.8) is 0 Å². The third-order valence-electron chi connectivity index (χ3n) is 6.05. The van der Waals surface area contributed by atoms with Crippen LogP contribution >= 0.6 is 22.6 Å². The van der Waals surface area contributed by atoms with Gasteiger partial charge in [-0.3, -0.25) is 4.79 Å². The van der Waals surface area contributed by atoms with E-state index in [1.165, 1.54) is 11.1 Å². The maximum Gasteiger partial charge on any atom is 0.282 e. The fraction of sp³-hybridized carbons (Fsp3) is 0.464. The monoisotopic (exact) mass is 587 g/mol. The van der Waals surface area contributed by atoms with Crippen molar-refractivity contribution in [3.05, 3.63) is 61.7 Å². The highest BCUT2D eigenvalue weighted by atomic mass is 127. The van der Waals surface area contributed by atoms with Gasteiger partial charge in [0.15, 0.2) is 11.5 Å². The van der Waals surface area contributed by atoms with Crippen molar-refractivity contribution in [2.45, 2.75) is 65.7 Å². The van der Waals surface area contributed by atoms with E-state index < -0.39 is 0 Å². The van der Waals surface area contributed by atoms with Crippen LogP contribution in [-0.2, 0) is 0 Å². The smallest absolute Gasteiger partial charge is 0.282 e. The Kier molecular flexibility index (Phi) is 8.14. The first-order chi connectivity index (χ1) is 16.8. The molecular weight excluding hydrogens is 553 g/mol. The minimum absolute atomic E-state index is 0.0342. The van der Waals surface area contributed by atoms with E-state index in [9.17, 15) is 4.79 Å². The average Bonchev–Trinajstić information content (AvgIpc) is 2.83. The van der Waals surface area contributed by atoms with E-state index in [1.54, 1.807) is 6.21 Å². The molecule has 1 aromatic heterocycles. The Morgan fingerprint density at radius 1 is 1.14 bits per heavy atom.